The highest BCUT2D eigenvalue weighted by Gasteiger charge is 2.23. The van der Waals surface area contributed by atoms with Crippen LogP contribution in [0.3, 0.4) is 0 Å². The predicted octanol–water partition coefficient (Wildman–Crippen LogP) is 7.25. The quantitative estimate of drug-likeness (QED) is 0.157. The van der Waals surface area contributed by atoms with Crippen LogP contribution in [0.15, 0.2) is 71.9 Å². The maximum Gasteiger partial charge on any atom is 0.222 e. The van der Waals surface area contributed by atoms with E-state index in [1.54, 1.807) is 30.3 Å². The SMILES string of the molecule is O=C(CCCSc1nnc(-c2ccccc2Cl)n1-c1ccc(Cl)c(Cl)c1)N1CCN(c2ccccc2F)CC1. The van der Waals surface area contributed by atoms with Crippen LogP contribution in [0.25, 0.3) is 17.1 Å². The summed E-state index contributed by atoms with van der Waals surface area (Å²) in [4.78, 5) is 16.7. The van der Waals surface area contributed by atoms with Gasteiger partial charge in [0, 0.05) is 43.9 Å². The summed E-state index contributed by atoms with van der Waals surface area (Å²) in [5, 5.41) is 10.9. The van der Waals surface area contributed by atoms with E-state index in [0.29, 0.717) is 76.5 Å². The molecule has 0 N–H and O–H groups in total. The number of hydrogen-bond acceptors (Lipinski definition) is 5. The molecule has 11 heteroatoms. The van der Waals surface area contributed by atoms with Crippen LogP contribution in [0, 0.1) is 5.82 Å². The Balaban J connectivity index is 1.22. The molecule has 0 aliphatic carbocycles. The first-order valence-corrected chi connectivity index (χ1v) is 14.6. The normalized spacial score (nSPS) is 13.6. The third-order valence-electron chi connectivity index (χ3n) is 6.50. The first-order valence-electron chi connectivity index (χ1n) is 12.5. The van der Waals surface area contributed by atoms with Gasteiger partial charge in [-0.1, -0.05) is 70.8 Å². The summed E-state index contributed by atoms with van der Waals surface area (Å²) in [7, 11) is 0. The fraction of sp³-hybridized carbons (Fsp3) is 0.250. The molecule has 0 unspecified atom stereocenters. The van der Waals surface area contributed by atoms with Gasteiger partial charge in [-0.25, -0.2) is 4.39 Å². The van der Waals surface area contributed by atoms with Crippen LogP contribution in [0.5, 0.6) is 0 Å². The fourth-order valence-electron chi connectivity index (χ4n) is 4.49. The number of hydrogen-bond donors (Lipinski definition) is 0. The molecule has 39 heavy (non-hydrogen) atoms. The van der Waals surface area contributed by atoms with Crippen molar-refractivity contribution in [3.8, 4) is 17.1 Å². The van der Waals surface area contributed by atoms with E-state index in [2.05, 4.69) is 10.2 Å². The van der Waals surface area contributed by atoms with Gasteiger partial charge in [-0.15, -0.1) is 10.2 Å². The van der Waals surface area contributed by atoms with Gasteiger partial charge in [0.25, 0.3) is 0 Å². The highest BCUT2D eigenvalue weighted by Crippen LogP contribution is 2.34. The molecule has 0 bridgehead atoms. The second kappa shape index (κ2) is 12.6. The molecular formula is C28H25Cl3FN5OS. The van der Waals surface area contributed by atoms with Crippen molar-refractivity contribution in [2.24, 2.45) is 0 Å². The number of aromatic nitrogens is 3. The highest BCUT2D eigenvalue weighted by atomic mass is 35.5. The van der Waals surface area contributed by atoms with Gasteiger partial charge in [0.15, 0.2) is 11.0 Å². The zero-order valence-electron chi connectivity index (χ0n) is 20.9. The number of nitrogens with zero attached hydrogens (tertiary/aromatic N) is 5. The van der Waals surface area contributed by atoms with Gasteiger partial charge < -0.3 is 9.80 Å². The first-order chi connectivity index (χ1) is 18.9. The van der Waals surface area contributed by atoms with Gasteiger partial charge in [-0.3, -0.25) is 9.36 Å². The third-order valence-corrected chi connectivity index (χ3v) is 8.58. The standard InChI is InChI=1S/C28H25Cl3FN5OS/c29-21-7-2-1-6-20(21)27-33-34-28(37(27)19-11-12-22(30)23(31)18-19)39-17-5-10-26(38)36-15-13-35(14-16-36)25-9-4-3-8-24(25)32/h1-4,6-9,11-12,18H,5,10,13-17H2. The summed E-state index contributed by atoms with van der Waals surface area (Å²) in [5.74, 6) is 1.13. The van der Waals surface area contributed by atoms with Crippen molar-refractivity contribution in [2.75, 3.05) is 36.8 Å². The van der Waals surface area contributed by atoms with Crippen molar-refractivity contribution >= 4 is 58.2 Å². The van der Waals surface area contributed by atoms with E-state index in [1.165, 1.54) is 17.8 Å². The van der Waals surface area contributed by atoms with E-state index in [9.17, 15) is 9.18 Å². The lowest BCUT2D eigenvalue weighted by Gasteiger charge is -2.36. The number of benzene rings is 3. The molecule has 1 aliphatic heterocycles. The van der Waals surface area contributed by atoms with Crippen molar-refractivity contribution in [3.05, 3.63) is 87.6 Å². The summed E-state index contributed by atoms with van der Waals surface area (Å²) in [6, 6.07) is 19.5. The Hall–Kier alpha value is -2.78. The Labute approximate surface area is 245 Å². The molecule has 2 heterocycles. The maximum absolute atomic E-state index is 14.1. The van der Waals surface area contributed by atoms with E-state index < -0.39 is 0 Å². The molecule has 1 saturated heterocycles. The Kier molecular flexibility index (Phi) is 8.97. The summed E-state index contributed by atoms with van der Waals surface area (Å²) in [6.07, 6.45) is 1.09. The lowest BCUT2D eigenvalue weighted by atomic mass is 10.2. The van der Waals surface area contributed by atoms with Crippen LogP contribution in [0.4, 0.5) is 10.1 Å². The molecule has 5 rings (SSSR count). The van der Waals surface area contributed by atoms with Crippen molar-refractivity contribution in [2.45, 2.75) is 18.0 Å². The average molecular weight is 605 g/mol. The average Bonchev–Trinajstić information content (AvgIpc) is 3.36. The van der Waals surface area contributed by atoms with Crippen LogP contribution >= 0.6 is 46.6 Å². The molecule has 0 saturated carbocycles. The number of para-hydroxylation sites is 1. The molecular weight excluding hydrogens is 580 g/mol. The molecule has 4 aromatic rings. The molecule has 202 valence electrons. The van der Waals surface area contributed by atoms with Gasteiger partial charge >= 0.3 is 0 Å². The number of rotatable bonds is 8. The maximum atomic E-state index is 14.1. The van der Waals surface area contributed by atoms with Gasteiger partial charge in [0.05, 0.1) is 26.4 Å². The van der Waals surface area contributed by atoms with E-state index in [-0.39, 0.29) is 11.7 Å². The van der Waals surface area contributed by atoms with E-state index in [1.807, 2.05) is 44.7 Å². The van der Waals surface area contributed by atoms with Gasteiger partial charge in [0.1, 0.15) is 5.82 Å². The zero-order chi connectivity index (χ0) is 27.4. The van der Waals surface area contributed by atoms with Crippen LogP contribution in [-0.2, 0) is 4.79 Å². The van der Waals surface area contributed by atoms with Gasteiger partial charge in [0.2, 0.25) is 5.91 Å². The molecule has 0 spiro atoms. The van der Waals surface area contributed by atoms with Gasteiger partial charge in [-0.2, -0.15) is 0 Å². The molecule has 6 nitrogen and oxygen atoms in total. The molecule has 1 fully saturated rings. The number of piperazine rings is 1. The third kappa shape index (κ3) is 6.35. The number of anilines is 1. The minimum atomic E-state index is -0.235. The second-order valence-corrected chi connectivity index (χ2v) is 11.3. The van der Waals surface area contributed by atoms with E-state index in [4.69, 9.17) is 34.8 Å². The fourth-order valence-corrected chi connectivity index (χ4v) is 5.89. The minimum Gasteiger partial charge on any atom is -0.366 e. The lowest BCUT2D eigenvalue weighted by molar-refractivity contribution is -0.131. The number of thioether (sulfide) groups is 1. The minimum absolute atomic E-state index is 0.103. The van der Waals surface area contributed by atoms with Crippen molar-refractivity contribution in [1.82, 2.24) is 19.7 Å². The van der Waals surface area contributed by atoms with Crippen LogP contribution < -0.4 is 4.90 Å². The molecule has 0 atom stereocenters. The lowest BCUT2D eigenvalue weighted by Crippen LogP contribution is -2.49. The zero-order valence-corrected chi connectivity index (χ0v) is 23.9. The van der Waals surface area contributed by atoms with E-state index >= 15 is 0 Å². The Morgan fingerprint density at radius 1 is 0.872 bits per heavy atom. The molecule has 0 radical (unpaired) electrons. The molecule has 1 aliphatic rings. The summed E-state index contributed by atoms with van der Waals surface area (Å²) in [5.41, 5.74) is 2.09. The van der Waals surface area contributed by atoms with Crippen molar-refractivity contribution in [3.63, 3.8) is 0 Å². The monoisotopic (exact) mass is 603 g/mol. The van der Waals surface area contributed by atoms with Gasteiger partial charge in [-0.05, 0) is 48.9 Å². The molecule has 3 aromatic carbocycles. The van der Waals surface area contributed by atoms with Crippen molar-refractivity contribution < 1.29 is 9.18 Å². The number of carbonyl (C=O) groups excluding carboxylic acids is 1. The Bertz CT molecular complexity index is 1480. The Morgan fingerprint density at radius 3 is 2.36 bits per heavy atom. The first kappa shape index (κ1) is 27.8. The topological polar surface area (TPSA) is 54.3 Å². The number of carbonyl (C=O) groups is 1. The molecule has 1 aromatic heterocycles. The number of amides is 1. The summed E-state index contributed by atoms with van der Waals surface area (Å²) in [6.45, 7) is 2.37. The second-order valence-electron chi connectivity index (χ2n) is 8.99. The summed E-state index contributed by atoms with van der Waals surface area (Å²) >= 11 is 20.5. The smallest absolute Gasteiger partial charge is 0.222 e. The predicted molar refractivity (Wildman–Crippen MR) is 157 cm³/mol. The summed E-state index contributed by atoms with van der Waals surface area (Å²) < 4.78 is 16.0. The Morgan fingerprint density at radius 2 is 1.62 bits per heavy atom. The highest BCUT2D eigenvalue weighted by molar-refractivity contribution is 7.99. The van der Waals surface area contributed by atoms with Crippen molar-refractivity contribution in [1.29, 1.82) is 0 Å². The number of halogens is 4. The molecule has 1 amide bonds. The van der Waals surface area contributed by atoms with E-state index in [0.717, 1.165) is 11.3 Å². The van der Waals surface area contributed by atoms with Crippen LogP contribution in [-0.4, -0.2) is 57.5 Å². The van der Waals surface area contributed by atoms with Crippen LogP contribution in [0.2, 0.25) is 15.1 Å². The largest absolute Gasteiger partial charge is 0.366 e. The van der Waals surface area contributed by atoms with Crippen LogP contribution in [0.1, 0.15) is 12.8 Å².